The number of benzene rings is 1. The van der Waals surface area contributed by atoms with Crippen LogP contribution in [0.25, 0.3) is 10.9 Å². The van der Waals surface area contributed by atoms with Crippen LogP contribution in [0.4, 0.5) is 0 Å². The zero-order chi connectivity index (χ0) is 14.8. The van der Waals surface area contributed by atoms with E-state index in [0.717, 1.165) is 30.1 Å². The number of aromatic nitrogens is 2. The SMILES string of the molecule is CCc1cccc2ccn(Cc3cc(OC)cc(C)n3)c12. The molecule has 0 amide bonds. The fourth-order valence-corrected chi connectivity index (χ4v) is 2.83. The van der Waals surface area contributed by atoms with Crippen LogP contribution >= 0.6 is 0 Å². The second kappa shape index (κ2) is 5.60. The molecular weight excluding hydrogens is 260 g/mol. The number of para-hydroxylation sites is 1. The number of rotatable bonds is 4. The van der Waals surface area contributed by atoms with Gasteiger partial charge in [-0.1, -0.05) is 25.1 Å². The molecule has 0 N–H and O–H groups in total. The molecule has 0 aliphatic heterocycles. The first kappa shape index (κ1) is 13.7. The second-order valence-electron chi connectivity index (χ2n) is 5.29. The second-order valence-corrected chi connectivity index (χ2v) is 5.29. The number of hydrogen-bond acceptors (Lipinski definition) is 2. The van der Waals surface area contributed by atoms with Crippen molar-refractivity contribution in [2.75, 3.05) is 7.11 Å². The van der Waals surface area contributed by atoms with Crippen molar-refractivity contribution in [2.24, 2.45) is 0 Å². The number of aryl methyl sites for hydroxylation is 2. The van der Waals surface area contributed by atoms with Crippen LogP contribution in [0.15, 0.2) is 42.6 Å². The van der Waals surface area contributed by atoms with Crippen molar-refractivity contribution in [3.63, 3.8) is 0 Å². The first-order chi connectivity index (χ1) is 10.2. The van der Waals surface area contributed by atoms with Gasteiger partial charge >= 0.3 is 0 Å². The summed E-state index contributed by atoms with van der Waals surface area (Å²) in [7, 11) is 1.69. The molecule has 0 unspecified atom stereocenters. The molecule has 0 atom stereocenters. The maximum atomic E-state index is 5.34. The molecule has 3 heteroatoms. The van der Waals surface area contributed by atoms with E-state index >= 15 is 0 Å². The van der Waals surface area contributed by atoms with Gasteiger partial charge in [0.05, 0.1) is 24.9 Å². The maximum Gasteiger partial charge on any atom is 0.122 e. The predicted octanol–water partition coefficient (Wildman–Crippen LogP) is 3.96. The molecule has 0 fully saturated rings. The van der Waals surface area contributed by atoms with Crippen molar-refractivity contribution in [1.29, 1.82) is 0 Å². The maximum absolute atomic E-state index is 5.34. The van der Waals surface area contributed by atoms with Gasteiger partial charge in [-0.25, -0.2) is 0 Å². The lowest BCUT2D eigenvalue weighted by Gasteiger charge is -2.10. The Morgan fingerprint density at radius 2 is 2.05 bits per heavy atom. The van der Waals surface area contributed by atoms with Crippen molar-refractivity contribution in [2.45, 2.75) is 26.8 Å². The molecule has 0 radical (unpaired) electrons. The van der Waals surface area contributed by atoms with Crippen LogP contribution in [0.5, 0.6) is 5.75 Å². The van der Waals surface area contributed by atoms with Crippen LogP contribution in [0.3, 0.4) is 0 Å². The molecule has 0 bridgehead atoms. The summed E-state index contributed by atoms with van der Waals surface area (Å²) in [6, 6.07) is 12.6. The first-order valence-electron chi connectivity index (χ1n) is 7.29. The third-order valence-corrected chi connectivity index (χ3v) is 3.80. The number of methoxy groups -OCH3 is 1. The Labute approximate surface area is 125 Å². The Morgan fingerprint density at radius 1 is 1.19 bits per heavy atom. The lowest BCUT2D eigenvalue weighted by molar-refractivity contribution is 0.413. The Morgan fingerprint density at radius 3 is 2.81 bits per heavy atom. The van der Waals surface area contributed by atoms with Crippen LogP contribution in [0.1, 0.15) is 23.9 Å². The summed E-state index contributed by atoms with van der Waals surface area (Å²) in [6.07, 6.45) is 3.17. The smallest absolute Gasteiger partial charge is 0.122 e. The normalized spacial score (nSPS) is 11.0. The number of hydrogen-bond donors (Lipinski definition) is 0. The average Bonchev–Trinajstić information content (AvgIpc) is 2.90. The van der Waals surface area contributed by atoms with Crippen LogP contribution in [-0.4, -0.2) is 16.7 Å². The third-order valence-electron chi connectivity index (χ3n) is 3.80. The van der Waals surface area contributed by atoms with Crippen molar-refractivity contribution < 1.29 is 4.74 Å². The Bertz CT molecular complexity index is 774. The highest BCUT2D eigenvalue weighted by atomic mass is 16.5. The Kier molecular flexibility index (Phi) is 3.65. The third kappa shape index (κ3) is 2.64. The van der Waals surface area contributed by atoms with E-state index in [0.29, 0.717) is 0 Å². The Balaban J connectivity index is 2.04. The molecular formula is C18H20N2O. The van der Waals surface area contributed by atoms with E-state index in [1.165, 1.54) is 16.5 Å². The lowest BCUT2D eigenvalue weighted by atomic mass is 10.1. The molecule has 2 heterocycles. The number of ether oxygens (including phenoxy) is 1. The van der Waals surface area contributed by atoms with Crippen molar-refractivity contribution >= 4 is 10.9 Å². The summed E-state index contributed by atoms with van der Waals surface area (Å²) in [6.45, 7) is 4.95. The van der Waals surface area contributed by atoms with Gasteiger partial charge in [0.1, 0.15) is 5.75 Å². The number of pyridine rings is 1. The summed E-state index contributed by atoms with van der Waals surface area (Å²) in [5, 5.41) is 1.29. The van der Waals surface area contributed by atoms with E-state index in [9.17, 15) is 0 Å². The van der Waals surface area contributed by atoms with Gasteiger partial charge in [0.25, 0.3) is 0 Å². The van der Waals surface area contributed by atoms with Gasteiger partial charge in [0.15, 0.2) is 0 Å². The zero-order valence-corrected chi connectivity index (χ0v) is 12.8. The molecule has 1 aromatic carbocycles. The molecule has 0 aliphatic carbocycles. The largest absolute Gasteiger partial charge is 0.497 e. The minimum Gasteiger partial charge on any atom is -0.497 e. The summed E-state index contributed by atoms with van der Waals surface area (Å²) < 4.78 is 7.61. The molecule has 21 heavy (non-hydrogen) atoms. The molecule has 0 saturated heterocycles. The van der Waals surface area contributed by atoms with Crippen LogP contribution in [-0.2, 0) is 13.0 Å². The molecule has 3 rings (SSSR count). The van der Waals surface area contributed by atoms with Crippen LogP contribution in [0, 0.1) is 6.92 Å². The Hall–Kier alpha value is -2.29. The molecule has 3 nitrogen and oxygen atoms in total. The highest BCUT2D eigenvalue weighted by Gasteiger charge is 2.07. The fourth-order valence-electron chi connectivity index (χ4n) is 2.83. The van der Waals surface area contributed by atoms with Crippen molar-refractivity contribution in [3.8, 4) is 5.75 Å². The molecule has 2 aromatic heterocycles. The van der Waals surface area contributed by atoms with Gasteiger partial charge in [0.2, 0.25) is 0 Å². The summed E-state index contributed by atoms with van der Waals surface area (Å²) in [5.41, 5.74) is 4.69. The fraction of sp³-hybridized carbons (Fsp3) is 0.278. The van der Waals surface area contributed by atoms with E-state index in [-0.39, 0.29) is 0 Å². The van der Waals surface area contributed by atoms with Crippen molar-refractivity contribution in [3.05, 3.63) is 59.5 Å². The van der Waals surface area contributed by atoms with E-state index in [2.05, 4.69) is 46.9 Å². The van der Waals surface area contributed by atoms with Gasteiger partial charge in [-0.05, 0) is 30.4 Å². The topological polar surface area (TPSA) is 27.1 Å². The van der Waals surface area contributed by atoms with Gasteiger partial charge in [0, 0.05) is 24.0 Å². The van der Waals surface area contributed by atoms with E-state index in [4.69, 9.17) is 4.74 Å². The highest BCUT2D eigenvalue weighted by Crippen LogP contribution is 2.22. The lowest BCUT2D eigenvalue weighted by Crippen LogP contribution is -2.03. The zero-order valence-electron chi connectivity index (χ0n) is 12.8. The summed E-state index contributed by atoms with van der Waals surface area (Å²) in [4.78, 5) is 4.62. The van der Waals surface area contributed by atoms with E-state index in [1.807, 2.05) is 19.1 Å². The van der Waals surface area contributed by atoms with Crippen LogP contribution in [0.2, 0.25) is 0 Å². The molecule has 0 aliphatic rings. The molecule has 108 valence electrons. The van der Waals surface area contributed by atoms with E-state index < -0.39 is 0 Å². The minimum absolute atomic E-state index is 0.762. The van der Waals surface area contributed by atoms with Crippen molar-refractivity contribution in [1.82, 2.24) is 9.55 Å². The number of fused-ring (bicyclic) bond motifs is 1. The molecule has 0 saturated carbocycles. The first-order valence-corrected chi connectivity index (χ1v) is 7.29. The monoisotopic (exact) mass is 280 g/mol. The van der Waals surface area contributed by atoms with Gasteiger partial charge in [-0.2, -0.15) is 0 Å². The quantitative estimate of drug-likeness (QED) is 0.723. The summed E-state index contributed by atoms with van der Waals surface area (Å²) >= 11 is 0. The summed E-state index contributed by atoms with van der Waals surface area (Å²) in [5.74, 6) is 0.865. The number of nitrogens with zero attached hydrogens (tertiary/aromatic N) is 2. The standard InChI is InChI=1S/C18H20N2O/c1-4-14-6-5-7-15-8-9-20(18(14)15)12-16-11-17(21-3)10-13(2)19-16/h5-11H,4,12H2,1-3H3. The van der Waals surface area contributed by atoms with Gasteiger partial charge in [-0.15, -0.1) is 0 Å². The van der Waals surface area contributed by atoms with E-state index in [1.54, 1.807) is 7.11 Å². The molecule has 0 spiro atoms. The molecule has 3 aromatic rings. The van der Waals surface area contributed by atoms with Gasteiger partial charge in [-0.3, -0.25) is 4.98 Å². The predicted molar refractivity (Wildman–Crippen MR) is 85.9 cm³/mol. The minimum atomic E-state index is 0.762. The highest BCUT2D eigenvalue weighted by molar-refractivity contribution is 5.83. The average molecular weight is 280 g/mol. The van der Waals surface area contributed by atoms with Gasteiger partial charge < -0.3 is 9.30 Å². The van der Waals surface area contributed by atoms with Crippen LogP contribution < -0.4 is 4.74 Å².